The summed E-state index contributed by atoms with van der Waals surface area (Å²) in [4.78, 5) is 10.9. The minimum atomic E-state index is -0.993. The standard InChI is InChI=1S/C30H48N2O6S/c1-5-6-7-8-9-10-11-12-13-14-19-35-21-30-27(37-29(3,4)38-30)26(22(2)36-30)32-28(39)31-24-17-15-23(16-18-24)20-25(33)34/h15-18,22,26-27H,5-14,19-21H2,1-4H3,(H,33,34)(H2,31,32,39)/t22-,26+,27-,30-/m0/s1. The van der Waals surface area contributed by atoms with Crippen LogP contribution in [0.1, 0.15) is 97.5 Å². The maximum atomic E-state index is 10.9. The zero-order valence-electron chi connectivity index (χ0n) is 24.1. The average Bonchev–Trinajstić information content (AvgIpc) is 3.26. The molecule has 0 saturated carbocycles. The number of rotatable bonds is 17. The fourth-order valence-corrected chi connectivity index (χ4v) is 5.66. The van der Waals surface area contributed by atoms with E-state index in [0.717, 1.165) is 17.7 Å². The molecule has 0 aromatic heterocycles. The first-order chi connectivity index (χ1) is 18.6. The molecule has 0 bridgehead atoms. The van der Waals surface area contributed by atoms with Gasteiger partial charge in [0.25, 0.3) is 0 Å². The highest BCUT2D eigenvalue weighted by Crippen LogP contribution is 2.45. The van der Waals surface area contributed by atoms with Gasteiger partial charge >= 0.3 is 5.97 Å². The maximum Gasteiger partial charge on any atom is 0.307 e. The van der Waals surface area contributed by atoms with Crippen molar-refractivity contribution in [3.8, 4) is 0 Å². The fourth-order valence-electron chi connectivity index (χ4n) is 5.41. The number of aliphatic carboxylic acids is 1. The Balaban J connectivity index is 1.43. The van der Waals surface area contributed by atoms with Gasteiger partial charge in [-0.05, 0) is 57.1 Å². The molecule has 1 aromatic rings. The third kappa shape index (κ3) is 9.97. The zero-order valence-corrected chi connectivity index (χ0v) is 24.9. The number of nitrogens with one attached hydrogen (secondary N) is 2. The van der Waals surface area contributed by atoms with Crippen LogP contribution in [0.4, 0.5) is 5.69 Å². The molecule has 4 atom stereocenters. The topological polar surface area (TPSA) is 98.3 Å². The number of carboxylic acids is 1. The van der Waals surface area contributed by atoms with Crippen molar-refractivity contribution in [1.29, 1.82) is 0 Å². The van der Waals surface area contributed by atoms with Crippen molar-refractivity contribution in [2.24, 2.45) is 0 Å². The Bertz CT molecular complexity index is 911. The van der Waals surface area contributed by atoms with Crippen molar-refractivity contribution in [2.45, 2.75) is 128 Å². The molecule has 2 saturated heterocycles. The van der Waals surface area contributed by atoms with Crippen molar-refractivity contribution in [3.05, 3.63) is 29.8 Å². The Morgan fingerprint density at radius 1 is 1.00 bits per heavy atom. The molecule has 0 aliphatic carbocycles. The van der Waals surface area contributed by atoms with Crippen LogP contribution in [0.15, 0.2) is 24.3 Å². The summed E-state index contributed by atoms with van der Waals surface area (Å²) in [7, 11) is 0. The Labute approximate surface area is 239 Å². The molecule has 1 aromatic carbocycles. The number of thiocarbonyl (C=S) groups is 1. The van der Waals surface area contributed by atoms with Gasteiger partial charge in [-0.15, -0.1) is 0 Å². The molecule has 3 N–H and O–H groups in total. The highest BCUT2D eigenvalue weighted by atomic mass is 32.1. The first-order valence-electron chi connectivity index (χ1n) is 14.7. The van der Waals surface area contributed by atoms with Gasteiger partial charge < -0.3 is 34.7 Å². The second-order valence-corrected chi connectivity index (χ2v) is 11.7. The Morgan fingerprint density at radius 2 is 1.62 bits per heavy atom. The van der Waals surface area contributed by atoms with Crippen molar-refractivity contribution < 1.29 is 28.8 Å². The molecule has 2 fully saturated rings. The first-order valence-corrected chi connectivity index (χ1v) is 15.1. The SMILES string of the molecule is CCCCCCCCCCCCOC[C@@]12O[C@@H](C)[C@@H](NC(=S)Nc3ccc(CC(=O)O)cc3)[C@@H]1OC(C)(C)O2. The molecular weight excluding hydrogens is 516 g/mol. The molecule has 3 rings (SSSR count). The Kier molecular flexibility index (Phi) is 12.4. The van der Waals surface area contributed by atoms with Crippen LogP contribution in [0.25, 0.3) is 0 Å². The smallest absolute Gasteiger partial charge is 0.307 e. The molecule has 0 amide bonds. The summed E-state index contributed by atoms with van der Waals surface area (Å²) in [6, 6.07) is 6.93. The van der Waals surface area contributed by atoms with Gasteiger partial charge in [0.15, 0.2) is 10.9 Å². The third-order valence-corrected chi connectivity index (χ3v) is 7.51. The lowest BCUT2D eigenvalue weighted by atomic mass is 10.0. The molecule has 2 heterocycles. The monoisotopic (exact) mass is 564 g/mol. The minimum Gasteiger partial charge on any atom is -0.481 e. The predicted octanol–water partition coefficient (Wildman–Crippen LogP) is 6.17. The van der Waals surface area contributed by atoms with E-state index in [1.165, 1.54) is 57.8 Å². The van der Waals surface area contributed by atoms with E-state index in [4.69, 9.17) is 36.3 Å². The van der Waals surface area contributed by atoms with Gasteiger partial charge in [-0.3, -0.25) is 4.79 Å². The molecule has 8 nitrogen and oxygen atoms in total. The van der Waals surface area contributed by atoms with Gasteiger partial charge in [0, 0.05) is 12.3 Å². The molecule has 9 heteroatoms. The highest BCUT2D eigenvalue weighted by Gasteiger charge is 2.64. The Morgan fingerprint density at radius 3 is 2.23 bits per heavy atom. The second kappa shape index (κ2) is 15.3. The number of carboxylic acid groups (broad SMARTS) is 1. The summed E-state index contributed by atoms with van der Waals surface area (Å²) in [6.45, 7) is 8.97. The fraction of sp³-hybridized carbons (Fsp3) is 0.733. The molecule has 2 aliphatic heterocycles. The first kappa shape index (κ1) is 31.7. The Hall–Kier alpha value is -1.78. The van der Waals surface area contributed by atoms with Gasteiger partial charge in [-0.25, -0.2) is 0 Å². The molecule has 0 radical (unpaired) electrons. The van der Waals surface area contributed by atoms with Crippen molar-refractivity contribution in [3.63, 3.8) is 0 Å². The van der Waals surface area contributed by atoms with E-state index in [2.05, 4.69) is 17.6 Å². The average molecular weight is 565 g/mol. The van der Waals surface area contributed by atoms with E-state index in [1.54, 1.807) is 12.1 Å². The summed E-state index contributed by atoms with van der Waals surface area (Å²) >= 11 is 5.57. The van der Waals surface area contributed by atoms with Crippen LogP contribution >= 0.6 is 12.2 Å². The van der Waals surface area contributed by atoms with Crippen LogP contribution in [-0.2, 0) is 30.2 Å². The normalized spacial score (nSPS) is 25.4. The number of carbonyl (C=O) groups is 1. The van der Waals surface area contributed by atoms with Crippen molar-refractivity contribution in [1.82, 2.24) is 5.32 Å². The lowest BCUT2D eigenvalue weighted by Crippen LogP contribution is -2.51. The predicted molar refractivity (Wildman–Crippen MR) is 157 cm³/mol. The maximum absolute atomic E-state index is 10.9. The van der Waals surface area contributed by atoms with E-state index >= 15 is 0 Å². The second-order valence-electron chi connectivity index (χ2n) is 11.3. The van der Waals surface area contributed by atoms with E-state index in [1.807, 2.05) is 32.9 Å². The zero-order chi connectivity index (χ0) is 28.3. The van der Waals surface area contributed by atoms with E-state index in [-0.39, 0.29) is 18.6 Å². The highest BCUT2D eigenvalue weighted by molar-refractivity contribution is 7.80. The lowest BCUT2D eigenvalue weighted by molar-refractivity contribution is -0.274. The van der Waals surface area contributed by atoms with Crippen LogP contribution in [0, 0.1) is 0 Å². The van der Waals surface area contributed by atoms with Gasteiger partial charge in [0.2, 0.25) is 5.79 Å². The summed E-state index contributed by atoms with van der Waals surface area (Å²) in [5.74, 6) is -2.66. The number of ether oxygens (including phenoxy) is 4. The van der Waals surface area contributed by atoms with Crippen molar-refractivity contribution in [2.75, 3.05) is 18.5 Å². The van der Waals surface area contributed by atoms with Crippen LogP contribution < -0.4 is 10.6 Å². The van der Waals surface area contributed by atoms with Crippen LogP contribution in [0.5, 0.6) is 0 Å². The minimum absolute atomic E-state index is 0.0158. The van der Waals surface area contributed by atoms with Gasteiger partial charge in [-0.1, -0.05) is 76.8 Å². The summed E-state index contributed by atoms with van der Waals surface area (Å²) < 4.78 is 25.0. The van der Waals surface area contributed by atoms with Gasteiger partial charge in [0.1, 0.15) is 12.7 Å². The molecule has 220 valence electrons. The largest absolute Gasteiger partial charge is 0.481 e. The number of benzene rings is 1. The number of hydrogen-bond acceptors (Lipinski definition) is 6. The number of anilines is 1. The summed E-state index contributed by atoms with van der Waals surface area (Å²) in [5.41, 5.74) is 1.49. The number of hydrogen-bond donors (Lipinski definition) is 3. The van der Waals surface area contributed by atoms with Crippen LogP contribution in [0.3, 0.4) is 0 Å². The molecule has 2 aliphatic rings. The quantitative estimate of drug-likeness (QED) is 0.151. The van der Waals surface area contributed by atoms with E-state index < -0.39 is 23.6 Å². The summed E-state index contributed by atoms with van der Waals surface area (Å²) in [5, 5.41) is 15.9. The van der Waals surface area contributed by atoms with Crippen LogP contribution in [0.2, 0.25) is 0 Å². The van der Waals surface area contributed by atoms with E-state index in [9.17, 15) is 4.79 Å². The number of unbranched alkanes of at least 4 members (excludes halogenated alkanes) is 9. The third-order valence-electron chi connectivity index (χ3n) is 7.29. The van der Waals surface area contributed by atoms with E-state index in [0.29, 0.717) is 18.3 Å². The number of fused-ring (bicyclic) bond motifs is 1. The molecule has 39 heavy (non-hydrogen) atoms. The van der Waals surface area contributed by atoms with Gasteiger partial charge in [0.05, 0.1) is 18.6 Å². The van der Waals surface area contributed by atoms with Crippen LogP contribution in [-0.4, -0.2) is 59.2 Å². The summed E-state index contributed by atoms with van der Waals surface area (Å²) in [6.07, 6.45) is 12.2. The molecule has 0 spiro atoms. The molecular formula is C30H48N2O6S. The lowest BCUT2D eigenvalue weighted by Gasteiger charge is -2.28. The molecule has 0 unspecified atom stereocenters. The van der Waals surface area contributed by atoms with Gasteiger partial charge in [-0.2, -0.15) is 0 Å². The van der Waals surface area contributed by atoms with Crippen molar-refractivity contribution >= 4 is 29.0 Å².